The standard InChI is InChI=1S/C14H17NO/c16-14-8-4-7-13(14)11-15-10-9-12-5-2-1-3-6-12/h1-3,5-6,11,13H,4,7-10H2. The van der Waals surface area contributed by atoms with Gasteiger partial charge in [-0.25, -0.2) is 0 Å². The maximum atomic E-state index is 11.3. The molecule has 0 aliphatic heterocycles. The quantitative estimate of drug-likeness (QED) is 0.710. The predicted molar refractivity (Wildman–Crippen MR) is 65.9 cm³/mol. The Kier molecular flexibility index (Phi) is 3.86. The topological polar surface area (TPSA) is 29.4 Å². The second-order valence-corrected chi connectivity index (χ2v) is 4.26. The fourth-order valence-corrected chi connectivity index (χ4v) is 2.04. The summed E-state index contributed by atoms with van der Waals surface area (Å²) in [6.07, 6.45) is 5.59. The Bertz CT molecular complexity index is 370. The SMILES string of the molecule is O=C1CCCC1C=NCCc1ccccc1. The zero-order valence-electron chi connectivity index (χ0n) is 9.43. The van der Waals surface area contributed by atoms with E-state index in [4.69, 9.17) is 0 Å². The molecule has 2 rings (SSSR count). The molecule has 0 spiro atoms. The Hall–Kier alpha value is -1.44. The van der Waals surface area contributed by atoms with E-state index in [1.54, 1.807) is 0 Å². The minimum Gasteiger partial charge on any atom is -0.299 e. The highest BCUT2D eigenvalue weighted by atomic mass is 16.1. The van der Waals surface area contributed by atoms with Crippen molar-refractivity contribution in [3.63, 3.8) is 0 Å². The van der Waals surface area contributed by atoms with Crippen molar-refractivity contribution in [3.8, 4) is 0 Å². The van der Waals surface area contributed by atoms with Gasteiger partial charge in [0.25, 0.3) is 0 Å². The number of nitrogens with zero attached hydrogens (tertiary/aromatic N) is 1. The summed E-state index contributed by atoms with van der Waals surface area (Å²) in [5.74, 6) is 0.472. The van der Waals surface area contributed by atoms with Crippen LogP contribution in [0.3, 0.4) is 0 Å². The van der Waals surface area contributed by atoms with E-state index in [1.807, 2.05) is 24.4 Å². The van der Waals surface area contributed by atoms with Gasteiger partial charge in [0.2, 0.25) is 0 Å². The molecule has 1 aliphatic rings. The largest absolute Gasteiger partial charge is 0.299 e. The summed E-state index contributed by atoms with van der Waals surface area (Å²) in [6, 6.07) is 10.3. The Morgan fingerprint density at radius 1 is 1.31 bits per heavy atom. The van der Waals surface area contributed by atoms with Gasteiger partial charge in [-0.05, 0) is 24.8 Å². The van der Waals surface area contributed by atoms with Gasteiger partial charge in [0, 0.05) is 19.2 Å². The molecule has 0 bridgehead atoms. The third-order valence-corrected chi connectivity index (χ3v) is 3.01. The number of carbonyl (C=O) groups is 1. The highest BCUT2D eigenvalue weighted by Gasteiger charge is 2.21. The van der Waals surface area contributed by atoms with E-state index in [0.717, 1.165) is 32.2 Å². The summed E-state index contributed by atoms with van der Waals surface area (Å²) in [7, 11) is 0. The van der Waals surface area contributed by atoms with Crippen molar-refractivity contribution < 1.29 is 4.79 Å². The number of Topliss-reactive ketones (excluding diaryl/α,β-unsaturated/α-hetero) is 1. The molecule has 0 radical (unpaired) electrons. The number of hydrogen-bond donors (Lipinski definition) is 0. The molecule has 1 saturated carbocycles. The van der Waals surface area contributed by atoms with Crippen LogP contribution in [0, 0.1) is 5.92 Å². The first-order valence-corrected chi connectivity index (χ1v) is 5.93. The van der Waals surface area contributed by atoms with Crippen LogP contribution in [0.25, 0.3) is 0 Å². The van der Waals surface area contributed by atoms with Crippen molar-refractivity contribution >= 4 is 12.0 Å². The molecule has 1 aliphatic carbocycles. The molecular formula is C14H17NO. The fourth-order valence-electron chi connectivity index (χ4n) is 2.04. The molecule has 84 valence electrons. The Morgan fingerprint density at radius 2 is 2.12 bits per heavy atom. The molecule has 0 saturated heterocycles. The number of rotatable bonds is 4. The third-order valence-electron chi connectivity index (χ3n) is 3.01. The Labute approximate surface area is 96.4 Å². The summed E-state index contributed by atoms with van der Waals surface area (Å²) in [5, 5.41) is 0. The van der Waals surface area contributed by atoms with Crippen LogP contribution in [0.5, 0.6) is 0 Å². The van der Waals surface area contributed by atoms with Gasteiger partial charge in [-0.3, -0.25) is 9.79 Å². The molecule has 1 atom stereocenters. The van der Waals surface area contributed by atoms with Crippen LogP contribution in [0.1, 0.15) is 24.8 Å². The van der Waals surface area contributed by atoms with Gasteiger partial charge in [-0.1, -0.05) is 30.3 Å². The summed E-state index contributed by atoms with van der Waals surface area (Å²) in [4.78, 5) is 15.7. The van der Waals surface area contributed by atoms with Crippen molar-refractivity contribution in [3.05, 3.63) is 35.9 Å². The maximum absolute atomic E-state index is 11.3. The number of hydrogen-bond acceptors (Lipinski definition) is 2. The van der Waals surface area contributed by atoms with Crippen LogP contribution >= 0.6 is 0 Å². The van der Waals surface area contributed by atoms with Crippen LogP contribution < -0.4 is 0 Å². The number of benzene rings is 1. The van der Waals surface area contributed by atoms with Crippen LogP contribution in [0.15, 0.2) is 35.3 Å². The zero-order valence-corrected chi connectivity index (χ0v) is 9.43. The molecule has 2 nitrogen and oxygen atoms in total. The van der Waals surface area contributed by atoms with Gasteiger partial charge in [0.15, 0.2) is 0 Å². The highest BCUT2D eigenvalue weighted by molar-refractivity contribution is 5.96. The Morgan fingerprint density at radius 3 is 2.81 bits per heavy atom. The van der Waals surface area contributed by atoms with E-state index in [1.165, 1.54) is 5.56 Å². The smallest absolute Gasteiger partial charge is 0.141 e. The van der Waals surface area contributed by atoms with Crippen molar-refractivity contribution in [1.29, 1.82) is 0 Å². The van der Waals surface area contributed by atoms with Crippen molar-refractivity contribution in [2.45, 2.75) is 25.7 Å². The zero-order chi connectivity index (χ0) is 11.2. The molecule has 1 aromatic carbocycles. The monoisotopic (exact) mass is 215 g/mol. The summed E-state index contributed by atoms with van der Waals surface area (Å²) in [5.41, 5.74) is 1.30. The van der Waals surface area contributed by atoms with E-state index in [2.05, 4.69) is 17.1 Å². The fraction of sp³-hybridized carbons (Fsp3) is 0.429. The minimum absolute atomic E-state index is 0.107. The normalized spacial score (nSPS) is 20.8. The first-order valence-electron chi connectivity index (χ1n) is 5.93. The highest BCUT2D eigenvalue weighted by Crippen LogP contribution is 2.19. The summed E-state index contributed by atoms with van der Waals surface area (Å²) in [6.45, 7) is 0.786. The van der Waals surface area contributed by atoms with E-state index in [-0.39, 0.29) is 5.92 Å². The van der Waals surface area contributed by atoms with Crippen molar-refractivity contribution in [2.75, 3.05) is 6.54 Å². The van der Waals surface area contributed by atoms with Crippen LogP contribution in [0.4, 0.5) is 0 Å². The van der Waals surface area contributed by atoms with Gasteiger partial charge in [0.05, 0.1) is 5.92 Å². The van der Waals surface area contributed by atoms with E-state index in [9.17, 15) is 4.79 Å². The number of carbonyl (C=O) groups excluding carboxylic acids is 1. The van der Waals surface area contributed by atoms with E-state index in [0.29, 0.717) is 5.78 Å². The first-order chi connectivity index (χ1) is 7.86. The average molecular weight is 215 g/mol. The van der Waals surface area contributed by atoms with Gasteiger partial charge < -0.3 is 0 Å². The predicted octanol–water partition coefficient (Wildman–Crippen LogP) is 2.67. The molecule has 0 aromatic heterocycles. The second kappa shape index (κ2) is 5.59. The lowest BCUT2D eigenvalue weighted by Crippen LogP contribution is -2.07. The van der Waals surface area contributed by atoms with Gasteiger partial charge in [-0.15, -0.1) is 0 Å². The van der Waals surface area contributed by atoms with Crippen molar-refractivity contribution in [1.82, 2.24) is 0 Å². The third kappa shape index (κ3) is 3.02. The van der Waals surface area contributed by atoms with Crippen LogP contribution in [0.2, 0.25) is 0 Å². The molecule has 16 heavy (non-hydrogen) atoms. The van der Waals surface area contributed by atoms with Gasteiger partial charge in [-0.2, -0.15) is 0 Å². The second-order valence-electron chi connectivity index (χ2n) is 4.26. The van der Waals surface area contributed by atoms with Crippen LogP contribution in [-0.2, 0) is 11.2 Å². The number of ketones is 1. The van der Waals surface area contributed by atoms with Crippen molar-refractivity contribution in [2.24, 2.45) is 10.9 Å². The van der Waals surface area contributed by atoms with Gasteiger partial charge in [0.1, 0.15) is 5.78 Å². The van der Waals surface area contributed by atoms with E-state index >= 15 is 0 Å². The average Bonchev–Trinajstić information content (AvgIpc) is 2.72. The Balaban J connectivity index is 1.75. The molecule has 1 aromatic rings. The lowest BCUT2D eigenvalue weighted by molar-refractivity contribution is -0.118. The molecule has 0 N–H and O–H groups in total. The first kappa shape index (κ1) is 11.1. The maximum Gasteiger partial charge on any atom is 0.141 e. The molecule has 0 heterocycles. The summed E-state index contributed by atoms with van der Waals surface area (Å²) < 4.78 is 0. The van der Waals surface area contributed by atoms with E-state index < -0.39 is 0 Å². The molecule has 0 amide bonds. The lowest BCUT2D eigenvalue weighted by Gasteiger charge is -1.99. The molecule has 1 fully saturated rings. The molecule has 2 heteroatoms. The number of aliphatic imine (C=N–C) groups is 1. The molecule has 1 unspecified atom stereocenters. The van der Waals surface area contributed by atoms with Gasteiger partial charge >= 0.3 is 0 Å². The molecular weight excluding hydrogens is 198 g/mol. The minimum atomic E-state index is 0.107. The van der Waals surface area contributed by atoms with Crippen LogP contribution in [-0.4, -0.2) is 18.5 Å². The lowest BCUT2D eigenvalue weighted by atomic mass is 10.1. The summed E-state index contributed by atoms with van der Waals surface area (Å²) >= 11 is 0.